The van der Waals surface area contributed by atoms with Crippen molar-refractivity contribution < 1.29 is 0 Å². The third-order valence-electron chi connectivity index (χ3n) is 1.82. The molecule has 0 saturated carbocycles. The highest BCUT2D eigenvalue weighted by atomic mass is 127. The van der Waals surface area contributed by atoms with Gasteiger partial charge in [0.05, 0.1) is 3.79 Å². The minimum Gasteiger partial charge on any atom is -0.127 e. The zero-order valence-corrected chi connectivity index (χ0v) is 12.6. The molecule has 0 saturated heterocycles. The first-order valence-electron chi connectivity index (χ1n) is 3.65. The van der Waals surface area contributed by atoms with Crippen LogP contribution in [0.15, 0.2) is 22.0 Å². The van der Waals surface area contributed by atoms with Crippen LogP contribution >= 0.6 is 65.8 Å². The molecule has 0 amide bonds. The fraction of sp³-hybridized carbons (Fsp3) is 0.111. The van der Waals surface area contributed by atoms with Crippen LogP contribution in [-0.4, -0.2) is 0 Å². The molecule has 0 radical (unpaired) electrons. The lowest BCUT2D eigenvalue weighted by atomic mass is 10.2. The summed E-state index contributed by atoms with van der Waals surface area (Å²) in [6, 6.07) is 6.52. The van der Waals surface area contributed by atoms with Crippen molar-refractivity contribution in [2.45, 2.75) is 5.33 Å². The number of alkyl halides is 1. The van der Waals surface area contributed by atoms with Gasteiger partial charge < -0.3 is 0 Å². The summed E-state index contributed by atoms with van der Waals surface area (Å²) in [5.74, 6) is 0. The molecule has 0 spiro atoms. The van der Waals surface area contributed by atoms with Crippen LogP contribution < -0.4 is 0 Å². The van der Waals surface area contributed by atoms with Crippen LogP contribution in [0.3, 0.4) is 0 Å². The average Bonchev–Trinajstić information content (AvgIpc) is 2.47. The highest BCUT2D eigenvalue weighted by molar-refractivity contribution is 14.1. The summed E-state index contributed by atoms with van der Waals surface area (Å²) in [4.78, 5) is 0. The maximum absolute atomic E-state index is 3.51. The zero-order chi connectivity index (χ0) is 9.42. The first-order valence-corrected chi connectivity index (χ1v) is 7.45. The van der Waals surface area contributed by atoms with Crippen molar-refractivity contribution >= 4 is 75.9 Å². The SMILES string of the molecule is BrCc1ccc2cc(Br)sc2c1I. The maximum Gasteiger partial charge on any atom is 0.0711 e. The summed E-state index contributed by atoms with van der Waals surface area (Å²) in [7, 11) is 0. The van der Waals surface area contributed by atoms with Crippen LogP contribution in [-0.2, 0) is 5.33 Å². The molecule has 1 aromatic carbocycles. The molecule has 0 N–H and O–H groups in total. The van der Waals surface area contributed by atoms with Gasteiger partial charge in [-0.05, 0) is 55.5 Å². The number of thiophene rings is 1. The second-order valence-electron chi connectivity index (χ2n) is 2.64. The monoisotopic (exact) mass is 430 g/mol. The molecule has 0 bridgehead atoms. The summed E-state index contributed by atoms with van der Waals surface area (Å²) >= 11 is 11.2. The topological polar surface area (TPSA) is 0 Å². The van der Waals surface area contributed by atoms with Crippen molar-refractivity contribution in [1.82, 2.24) is 0 Å². The van der Waals surface area contributed by atoms with Crippen LogP contribution in [0.25, 0.3) is 10.1 Å². The van der Waals surface area contributed by atoms with Gasteiger partial charge in [-0.3, -0.25) is 0 Å². The van der Waals surface area contributed by atoms with E-state index in [-0.39, 0.29) is 0 Å². The summed E-state index contributed by atoms with van der Waals surface area (Å²) in [5.41, 5.74) is 1.36. The lowest BCUT2D eigenvalue weighted by Gasteiger charge is -2.00. The minimum absolute atomic E-state index is 0.927. The number of rotatable bonds is 1. The Bertz CT molecular complexity index is 450. The predicted molar refractivity (Wildman–Crippen MR) is 74.9 cm³/mol. The van der Waals surface area contributed by atoms with E-state index in [1.54, 1.807) is 11.3 Å². The zero-order valence-electron chi connectivity index (χ0n) is 6.48. The Balaban J connectivity index is 2.78. The van der Waals surface area contributed by atoms with E-state index < -0.39 is 0 Å². The molecule has 1 aromatic heterocycles. The van der Waals surface area contributed by atoms with Crippen molar-refractivity contribution in [3.05, 3.63) is 31.1 Å². The molecule has 13 heavy (non-hydrogen) atoms. The fourth-order valence-electron chi connectivity index (χ4n) is 1.18. The molecule has 68 valence electrons. The lowest BCUT2D eigenvalue weighted by Crippen LogP contribution is -1.82. The highest BCUT2D eigenvalue weighted by Crippen LogP contribution is 2.35. The largest absolute Gasteiger partial charge is 0.127 e. The number of benzene rings is 1. The second-order valence-corrected chi connectivity index (χ2v) is 6.71. The lowest BCUT2D eigenvalue weighted by molar-refractivity contribution is 1.44. The van der Waals surface area contributed by atoms with Gasteiger partial charge in [0.1, 0.15) is 0 Å². The minimum atomic E-state index is 0.927. The van der Waals surface area contributed by atoms with Crippen molar-refractivity contribution in [1.29, 1.82) is 0 Å². The van der Waals surface area contributed by atoms with Gasteiger partial charge in [0.25, 0.3) is 0 Å². The second kappa shape index (κ2) is 4.16. The Morgan fingerprint density at radius 2 is 2.15 bits per heavy atom. The van der Waals surface area contributed by atoms with Crippen LogP contribution in [0.4, 0.5) is 0 Å². The molecule has 1 heterocycles. The first kappa shape index (κ1) is 10.4. The van der Waals surface area contributed by atoms with Crippen molar-refractivity contribution in [3.63, 3.8) is 0 Å². The van der Waals surface area contributed by atoms with E-state index in [0.717, 1.165) is 5.33 Å². The summed E-state index contributed by atoms with van der Waals surface area (Å²) in [6.45, 7) is 0. The van der Waals surface area contributed by atoms with Crippen LogP contribution in [0.1, 0.15) is 5.56 Å². The third kappa shape index (κ3) is 1.96. The highest BCUT2D eigenvalue weighted by Gasteiger charge is 2.06. The molecule has 0 unspecified atom stereocenters. The summed E-state index contributed by atoms with van der Waals surface area (Å²) < 4.78 is 3.94. The average molecular weight is 432 g/mol. The summed E-state index contributed by atoms with van der Waals surface area (Å²) in [6.07, 6.45) is 0. The smallest absolute Gasteiger partial charge is 0.0711 e. The molecular formula is C9H5Br2IS. The Morgan fingerprint density at radius 1 is 1.38 bits per heavy atom. The quantitative estimate of drug-likeness (QED) is 0.432. The molecule has 2 aromatic rings. The van der Waals surface area contributed by atoms with E-state index in [1.165, 1.54) is 23.0 Å². The Labute approximate surface area is 111 Å². The van der Waals surface area contributed by atoms with Crippen molar-refractivity contribution in [2.24, 2.45) is 0 Å². The van der Waals surface area contributed by atoms with Crippen LogP contribution in [0.5, 0.6) is 0 Å². The van der Waals surface area contributed by atoms with Crippen molar-refractivity contribution in [2.75, 3.05) is 0 Å². The predicted octanol–water partition coefficient (Wildman–Crippen LogP) is 5.16. The Kier molecular flexibility index (Phi) is 3.33. The van der Waals surface area contributed by atoms with E-state index in [0.29, 0.717) is 0 Å². The number of halogens is 3. The molecule has 0 atom stereocenters. The van der Waals surface area contributed by atoms with E-state index in [4.69, 9.17) is 0 Å². The normalized spacial score (nSPS) is 11.0. The molecule has 4 heteroatoms. The maximum atomic E-state index is 3.51. The number of hydrogen-bond acceptors (Lipinski definition) is 1. The molecule has 2 rings (SSSR count). The molecular weight excluding hydrogens is 427 g/mol. The van der Waals surface area contributed by atoms with Crippen LogP contribution in [0.2, 0.25) is 0 Å². The molecule has 0 aliphatic carbocycles. The van der Waals surface area contributed by atoms with Gasteiger partial charge in [-0.1, -0.05) is 28.1 Å². The van der Waals surface area contributed by atoms with Gasteiger partial charge in [-0.25, -0.2) is 0 Å². The molecule has 0 fully saturated rings. The molecule has 0 aliphatic rings. The van der Waals surface area contributed by atoms with Gasteiger partial charge in [0.15, 0.2) is 0 Å². The van der Waals surface area contributed by atoms with Gasteiger partial charge in [-0.2, -0.15) is 0 Å². The first-order chi connectivity index (χ1) is 6.22. The van der Waals surface area contributed by atoms with Gasteiger partial charge in [0, 0.05) is 13.6 Å². The standard InChI is InChI=1S/C9H5Br2IS/c10-4-6-2-1-5-3-7(11)13-9(5)8(6)12/h1-3H,4H2. The fourth-order valence-corrected chi connectivity index (χ4v) is 4.76. The van der Waals surface area contributed by atoms with Gasteiger partial charge in [0.2, 0.25) is 0 Å². The van der Waals surface area contributed by atoms with Gasteiger partial charge in [-0.15, -0.1) is 11.3 Å². The number of hydrogen-bond donors (Lipinski definition) is 0. The number of fused-ring (bicyclic) bond motifs is 1. The van der Waals surface area contributed by atoms with Crippen molar-refractivity contribution in [3.8, 4) is 0 Å². The summed E-state index contributed by atoms with van der Waals surface area (Å²) in [5, 5.41) is 2.25. The third-order valence-corrected chi connectivity index (χ3v) is 5.69. The van der Waals surface area contributed by atoms with E-state index in [9.17, 15) is 0 Å². The Hall–Kier alpha value is 0.870. The Morgan fingerprint density at radius 3 is 2.85 bits per heavy atom. The molecule has 0 aliphatic heterocycles. The van der Waals surface area contributed by atoms with E-state index >= 15 is 0 Å². The van der Waals surface area contributed by atoms with E-state index in [1.807, 2.05) is 0 Å². The van der Waals surface area contributed by atoms with Gasteiger partial charge >= 0.3 is 0 Å². The molecule has 0 nitrogen and oxygen atoms in total. The van der Waals surface area contributed by atoms with E-state index in [2.05, 4.69) is 72.6 Å². The van der Waals surface area contributed by atoms with Crippen LogP contribution in [0, 0.1) is 3.57 Å².